The number of aliphatic imine (C=N–C) groups is 2. The van der Waals surface area contributed by atoms with Gasteiger partial charge >= 0.3 is 0 Å². The minimum atomic E-state index is -0.644. The summed E-state index contributed by atoms with van der Waals surface area (Å²) in [5.41, 5.74) is 7.99. The van der Waals surface area contributed by atoms with Gasteiger partial charge in [0.25, 0.3) is 0 Å². The molecule has 2 aromatic rings. The summed E-state index contributed by atoms with van der Waals surface area (Å²) >= 11 is 1.52. The van der Waals surface area contributed by atoms with Crippen molar-refractivity contribution in [3.63, 3.8) is 0 Å². The van der Waals surface area contributed by atoms with Crippen LogP contribution in [0, 0.1) is 11.6 Å². The van der Waals surface area contributed by atoms with Crippen LogP contribution in [0.1, 0.15) is 41.3 Å². The highest BCUT2D eigenvalue weighted by atomic mass is 32.1. The molecule has 152 valence electrons. The van der Waals surface area contributed by atoms with Crippen LogP contribution in [-0.2, 0) is 22.3 Å². The smallest absolute Gasteiger partial charge is 0.169 e. The molecular weight excluding hydrogens is 396 g/mol. The number of ether oxygens (including phenoxy) is 2. The first-order valence-corrected chi connectivity index (χ1v) is 10.6. The normalized spacial score (nSPS) is 23.1. The highest BCUT2D eigenvalue weighted by Crippen LogP contribution is 2.45. The van der Waals surface area contributed by atoms with Gasteiger partial charge in [-0.05, 0) is 37.5 Å². The molecule has 3 heterocycles. The summed E-state index contributed by atoms with van der Waals surface area (Å²) in [7, 11) is 0. The molecule has 1 atom stereocenters. The molecule has 0 bridgehead atoms. The van der Waals surface area contributed by atoms with Gasteiger partial charge in [0.1, 0.15) is 28.5 Å². The van der Waals surface area contributed by atoms with Crippen molar-refractivity contribution in [2.24, 2.45) is 15.7 Å². The van der Waals surface area contributed by atoms with Crippen molar-refractivity contribution in [2.45, 2.75) is 44.4 Å². The van der Waals surface area contributed by atoms with Crippen molar-refractivity contribution in [3.8, 4) is 0 Å². The summed E-state index contributed by atoms with van der Waals surface area (Å²) in [4.78, 5) is 10.3. The number of nitrogens with zero attached hydrogens (tertiary/aromatic N) is 2. The van der Waals surface area contributed by atoms with E-state index in [1.54, 1.807) is 6.92 Å². The highest BCUT2D eigenvalue weighted by Gasteiger charge is 2.40. The average Bonchev–Trinajstić information content (AvgIpc) is 3.20. The summed E-state index contributed by atoms with van der Waals surface area (Å²) in [5.74, 6) is -1.51. The summed E-state index contributed by atoms with van der Waals surface area (Å²) in [5, 5.41) is 0.669. The summed E-state index contributed by atoms with van der Waals surface area (Å²) in [6.45, 7) is 2.97. The Labute approximate surface area is 171 Å². The summed E-state index contributed by atoms with van der Waals surface area (Å²) in [6, 6.07) is 3.38. The van der Waals surface area contributed by atoms with Crippen LogP contribution in [0.5, 0.6) is 0 Å². The Bertz CT molecular complexity index is 1020. The molecule has 29 heavy (non-hydrogen) atoms. The van der Waals surface area contributed by atoms with E-state index >= 15 is 0 Å². The molecule has 0 amide bonds. The Morgan fingerprint density at radius 1 is 1.10 bits per heavy atom. The molecule has 0 saturated carbocycles. The molecule has 2 N–H and O–H groups in total. The quantitative estimate of drug-likeness (QED) is 0.766. The van der Waals surface area contributed by atoms with Gasteiger partial charge in [0, 0.05) is 23.3 Å². The van der Waals surface area contributed by atoms with Crippen LogP contribution in [0.3, 0.4) is 0 Å². The zero-order chi connectivity index (χ0) is 20.2. The van der Waals surface area contributed by atoms with Gasteiger partial charge < -0.3 is 15.2 Å². The van der Waals surface area contributed by atoms with Crippen LogP contribution in [0.2, 0.25) is 0 Å². The number of halogens is 2. The maximum absolute atomic E-state index is 14.7. The van der Waals surface area contributed by atoms with Gasteiger partial charge in [-0.15, -0.1) is 11.3 Å². The molecule has 1 spiro atoms. The molecule has 1 aromatic heterocycles. The molecule has 1 saturated heterocycles. The lowest BCUT2D eigenvalue weighted by molar-refractivity contribution is -0.164. The Morgan fingerprint density at radius 3 is 2.52 bits per heavy atom. The van der Waals surface area contributed by atoms with Crippen molar-refractivity contribution in [1.29, 1.82) is 0 Å². The summed E-state index contributed by atoms with van der Waals surface area (Å²) < 4.78 is 41.2. The van der Waals surface area contributed by atoms with Crippen LogP contribution < -0.4 is 5.73 Å². The molecule has 3 aliphatic rings. The third-order valence-electron chi connectivity index (χ3n) is 5.79. The van der Waals surface area contributed by atoms with Crippen LogP contribution >= 0.6 is 11.3 Å². The first-order chi connectivity index (χ1) is 14.0. The van der Waals surface area contributed by atoms with Crippen LogP contribution in [0.4, 0.5) is 13.8 Å². The van der Waals surface area contributed by atoms with Gasteiger partial charge in [-0.1, -0.05) is 6.07 Å². The molecule has 0 unspecified atom stereocenters. The predicted octanol–water partition coefficient (Wildman–Crippen LogP) is 3.88. The monoisotopic (exact) mass is 417 g/mol. The van der Waals surface area contributed by atoms with Gasteiger partial charge in [0.2, 0.25) is 0 Å². The number of amidine groups is 1. The molecule has 1 fully saturated rings. The zero-order valence-corrected chi connectivity index (χ0v) is 16.8. The number of benzene rings is 1. The lowest BCUT2D eigenvalue weighted by atomic mass is 9.95. The van der Waals surface area contributed by atoms with Crippen molar-refractivity contribution in [1.82, 2.24) is 0 Å². The fraction of sp³-hybridized carbons (Fsp3) is 0.429. The van der Waals surface area contributed by atoms with Gasteiger partial charge in [-0.25, -0.2) is 13.8 Å². The Kier molecular flexibility index (Phi) is 4.53. The van der Waals surface area contributed by atoms with Gasteiger partial charge in [-0.3, -0.25) is 4.99 Å². The lowest BCUT2D eigenvalue weighted by Gasteiger charge is -2.25. The molecule has 5 rings (SSSR count). The maximum Gasteiger partial charge on any atom is 0.169 e. The standard InChI is InChI=1S/C21H21F2N3O2S/c1-11-19(24)26-20-16(18(25-11)17-13(22)3-2-4-14(17)23)12-5-7-21(27-9-10-28-21)8-6-15(12)29-20/h2-4,11H,5-10H2,1H3,(H2,24,26)/t11-/m0/s1. The average molecular weight is 417 g/mol. The fourth-order valence-corrected chi connectivity index (χ4v) is 5.50. The van der Waals surface area contributed by atoms with E-state index in [1.165, 1.54) is 29.5 Å². The number of aryl methyl sites for hydroxylation is 1. The van der Waals surface area contributed by atoms with Crippen molar-refractivity contribution in [3.05, 3.63) is 51.4 Å². The van der Waals surface area contributed by atoms with Crippen LogP contribution in [0.15, 0.2) is 28.2 Å². The Morgan fingerprint density at radius 2 is 1.79 bits per heavy atom. The zero-order valence-electron chi connectivity index (χ0n) is 16.0. The van der Waals surface area contributed by atoms with Crippen LogP contribution in [-0.4, -0.2) is 36.6 Å². The predicted molar refractivity (Wildman–Crippen MR) is 108 cm³/mol. The van der Waals surface area contributed by atoms with Gasteiger partial charge in [0.05, 0.1) is 24.5 Å². The molecule has 0 radical (unpaired) electrons. The molecule has 1 aromatic carbocycles. The second-order valence-electron chi connectivity index (χ2n) is 7.58. The summed E-state index contributed by atoms with van der Waals surface area (Å²) in [6.07, 6.45) is 2.85. The van der Waals surface area contributed by atoms with Crippen molar-refractivity contribution < 1.29 is 18.3 Å². The van der Waals surface area contributed by atoms with E-state index in [-0.39, 0.29) is 11.3 Å². The molecule has 2 aliphatic heterocycles. The van der Waals surface area contributed by atoms with Gasteiger partial charge in [-0.2, -0.15) is 0 Å². The van der Waals surface area contributed by atoms with Crippen molar-refractivity contribution >= 4 is 27.9 Å². The second-order valence-corrected chi connectivity index (χ2v) is 8.66. The molecular formula is C21H21F2N3O2S. The van der Waals surface area contributed by atoms with E-state index in [1.807, 2.05) is 0 Å². The molecule has 5 nitrogen and oxygen atoms in total. The maximum atomic E-state index is 14.7. The topological polar surface area (TPSA) is 69.2 Å². The third kappa shape index (κ3) is 3.10. The first kappa shape index (κ1) is 18.8. The largest absolute Gasteiger partial charge is 0.385 e. The SMILES string of the molecule is C[C@@H]1N=C(c2c(F)cccc2F)c2c(sc3c2CCC2(CC3)OCCO2)N=C1N. The molecule has 8 heteroatoms. The fourth-order valence-electron chi connectivity index (χ4n) is 4.27. The third-order valence-corrected chi connectivity index (χ3v) is 6.98. The van der Waals surface area contributed by atoms with E-state index in [9.17, 15) is 8.78 Å². The number of fused-ring (bicyclic) bond motifs is 3. The second kappa shape index (κ2) is 6.97. The number of nitrogens with two attached hydrogens (primary N) is 1. The highest BCUT2D eigenvalue weighted by molar-refractivity contribution is 7.16. The lowest BCUT2D eigenvalue weighted by Crippen LogP contribution is -2.30. The van der Waals surface area contributed by atoms with Crippen LogP contribution in [0.25, 0.3) is 0 Å². The number of hydrogen-bond donors (Lipinski definition) is 1. The number of rotatable bonds is 1. The van der Waals surface area contributed by atoms with E-state index in [0.717, 1.165) is 23.3 Å². The Balaban J connectivity index is 1.68. The van der Waals surface area contributed by atoms with E-state index in [0.29, 0.717) is 42.5 Å². The van der Waals surface area contributed by atoms with E-state index < -0.39 is 23.5 Å². The first-order valence-electron chi connectivity index (χ1n) is 9.76. The number of hydrogen-bond acceptors (Lipinski definition) is 6. The van der Waals surface area contributed by atoms with Crippen molar-refractivity contribution in [2.75, 3.05) is 13.2 Å². The molecule has 1 aliphatic carbocycles. The minimum Gasteiger partial charge on any atom is -0.385 e. The Hall–Kier alpha value is -2.16. The van der Waals surface area contributed by atoms with E-state index in [4.69, 9.17) is 15.2 Å². The minimum absolute atomic E-state index is 0.126. The van der Waals surface area contributed by atoms with E-state index in [2.05, 4.69) is 9.98 Å². The van der Waals surface area contributed by atoms with Gasteiger partial charge in [0.15, 0.2) is 5.79 Å². The number of thiophene rings is 1.